The van der Waals surface area contributed by atoms with Crippen LogP contribution in [0, 0.1) is 0 Å². The molecule has 2 aromatic heterocycles. The standard InChI is InChI=1S/C73H48N2O/c1-5-22-49(23-6-1)50-42-44-54(45-43-50)74(65-38-17-14-30-56(65)51-24-7-2-8-25-51)55-46-47-58-57-31-15-18-39-66(57)75(68(58)48-55)67-40-21-41-69-71(67)62-35-19-34-60(72(62)76-69)59-33-20-37-64-70(59)61-32-13-16-36-63(61)73(64,52-26-9-3-10-27-52)53-28-11-4-12-29-53/h1-48H. The maximum absolute atomic E-state index is 7.22. The minimum atomic E-state index is -0.514. The van der Waals surface area contributed by atoms with Crippen molar-refractivity contribution < 1.29 is 4.42 Å². The van der Waals surface area contributed by atoms with Gasteiger partial charge in [0.2, 0.25) is 0 Å². The lowest BCUT2D eigenvalue weighted by atomic mass is 9.67. The number of nitrogens with zero attached hydrogens (tertiary/aromatic N) is 2. The van der Waals surface area contributed by atoms with Gasteiger partial charge in [0.05, 0.1) is 33.2 Å². The van der Waals surface area contributed by atoms with E-state index in [1.54, 1.807) is 0 Å². The number of hydrogen-bond acceptors (Lipinski definition) is 2. The van der Waals surface area contributed by atoms with Gasteiger partial charge in [-0.25, -0.2) is 0 Å². The minimum absolute atomic E-state index is 0.514. The Kier molecular flexibility index (Phi) is 10.1. The van der Waals surface area contributed by atoms with Gasteiger partial charge in [-0.1, -0.05) is 243 Å². The lowest BCUT2D eigenvalue weighted by Gasteiger charge is -2.34. The number of benzene rings is 12. The molecule has 1 aliphatic carbocycles. The van der Waals surface area contributed by atoms with Crippen molar-refractivity contribution in [3.8, 4) is 50.2 Å². The van der Waals surface area contributed by atoms with E-state index in [0.29, 0.717) is 0 Å². The summed E-state index contributed by atoms with van der Waals surface area (Å²) in [6, 6.07) is 106. The Bertz CT molecular complexity index is 4460. The number of hydrogen-bond donors (Lipinski definition) is 0. The first-order valence-electron chi connectivity index (χ1n) is 26.2. The molecule has 0 spiro atoms. The monoisotopic (exact) mass is 968 g/mol. The zero-order valence-corrected chi connectivity index (χ0v) is 41.5. The van der Waals surface area contributed by atoms with E-state index >= 15 is 0 Å². The molecule has 76 heavy (non-hydrogen) atoms. The van der Waals surface area contributed by atoms with E-state index in [2.05, 4.69) is 301 Å². The number of para-hydroxylation sites is 3. The zero-order valence-electron chi connectivity index (χ0n) is 41.5. The highest BCUT2D eigenvalue weighted by Crippen LogP contribution is 2.59. The molecule has 0 saturated heterocycles. The molecule has 0 amide bonds. The van der Waals surface area contributed by atoms with Gasteiger partial charge in [-0.3, -0.25) is 0 Å². The van der Waals surface area contributed by atoms with Crippen LogP contribution in [0.5, 0.6) is 0 Å². The number of aromatic nitrogens is 1. The van der Waals surface area contributed by atoms with E-state index in [9.17, 15) is 0 Å². The normalized spacial score (nSPS) is 12.6. The summed E-state index contributed by atoms with van der Waals surface area (Å²) >= 11 is 0. The highest BCUT2D eigenvalue weighted by Gasteiger charge is 2.47. The maximum Gasteiger partial charge on any atom is 0.143 e. The molecule has 15 rings (SSSR count). The van der Waals surface area contributed by atoms with Crippen molar-refractivity contribution in [2.45, 2.75) is 5.41 Å². The number of anilines is 3. The van der Waals surface area contributed by atoms with Crippen LogP contribution < -0.4 is 4.90 Å². The van der Waals surface area contributed by atoms with E-state index in [1.165, 1.54) is 55.3 Å². The Labute approximate surface area is 441 Å². The molecule has 0 fully saturated rings. The summed E-state index contributed by atoms with van der Waals surface area (Å²) < 4.78 is 9.68. The van der Waals surface area contributed by atoms with Gasteiger partial charge < -0.3 is 13.9 Å². The van der Waals surface area contributed by atoms with Crippen LogP contribution in [0.15, 0.2) is 296 Å². The van der Waals surface area contributed by atoms with E-state index in [0.717, 1.165) is 78.0 Å². The first-order chi connectivity index (χ1) is 37.7. The minimum Gasteiger partial charge on any atom is -0.455 e. The van der Waals surface area contributed by atoms with Crippen LogP contribution >= 0.6 is 0 Å². The van der Waals surface area contributed by atoms with Gasteiger partial charge in [-0.2, -0.15) is 0 Å². The molecular formula is C73H48N2O. The van der Waals surface area contributed by atoms with Gasteiger partial charge in [0.25, 0.3) is 0 Å². The summed E-state index contributed by atoms with van der Waals surface area (Å²) in [5.74, 6) is 0. The van der Waals surface area contributed by atoms with Crippen LogP contribution in [0.1, 0.15) is 22.3 Å². The molecule has 3 heteroatoms. The Hall–Kier alpha value is -9.96. The summed E-state index contributed by atoms with van der Waals surface area (Å²) in [6.07, 6.45) is 0. The molecule has 1 aliphatic rings. The van der Waals surface area contributed by atoms with Gasteiger partial charge in [0, 0.05) is 38.7 Å². The molecule has 12 aromatic carbocycles. The van der Waals surface area contributed by atoms with Crippen LogP contribution in [0.4, 0.5) is 17.1 Å². The second-order valence-corrected chi connectivity index (χ2v) is 19.9. The predicted octanol–water partition coefficient (Wildman–Crippen LogP) is 19.5. The predicted molar refractivity (Wildman–Crippen MR) is 316 cm³/mol. The summed E-state index contributed by atoms with van der Waals surface area (Å²) in [4.78, 5) is 2.42. The Morgan fingerprint density at radius 1 is 0.342 bits per heavy atom. The number of fused-ring (bicyclic) bond motifs is 9. The number of rotatable bonds is 9. The molecule has 3 nitrogen and oxygen atoms in total. The molecule has 0 aliphatic heterocycles. The molecular weight excluding hydrogens is 921 g/mol. The topological polar surface area (TPSA) is 21.3 Å². The largest absolute Gasteiger partial charge is 0.455 e. The Morgan fingerprint density at radius 3 is 1.64 bits per heavy atom. The lowest BCUT2D eigenvalue weighted by Crippen LogP contribution is -2.28. The molecule has 0 atom stereocenters. The fraction of sp³-hybridized carbons (Fsp3) is 0.0137. The van der Waals surface area contributed by atoms with E-state index in [-0.39, 0.29) is 0 Å². The van der Waals surface area contributed by atoms with Gasteiger partial charge >= 0.3 is 0 Å². The van der Waals surface area contributed by atoms with Crippen LogP contribution in [-0.4, -0.2) is 4.57 Å². The van der Waals surface area contributed by atoms with Crippen molar-refractivity contribution in [3.05, 3.63) is 313 Å². The highest BCUT2D eigenvalue weighted by molar-refractivity contribution is 6.17. The quantitative estimate of drug-likeness (QED) is 0.144. The molecule has 0 N–H and O–H groups in total. The third-order valence-corrected chi connectivity index (χ3v) is 15.9. The first-order valence-corrected chi connectivity index (χ1v) is 26.2. The summed E-state index contributed by atoms with van der Waals surface area (Å²) in [5, 5.41) is 4.52. The first kappa shape index (κ1) is 43.6. The van der Waals surface area contributed by atoms with Gasteiger partial charge in [0.1, 0.15) is 11.2 Å². The van der Waals surface area contributed by atoms with Crippen LogP contribution in [0.25, 0.3) is 93.9 Å². The van der Waals surface area contributed by atoms with Gasteiger partial charge in [0.15, 0.2) is 0 Å². The second-order valence-electron chi connectivity index (χ2n) is 19.9. The summed E-state index contributed by atoms with van der Waals surface area (Å²) in [7, 11) is 0. The van der Waals surface area contributed by atoms with Crippen molar-refractivity contribution in [1.82, 2.24) is 4.57 Å². The molecule has 356 valence electrons. The highest BCUT2D eigenvalue weighted by atomic mass is 16.3. The number of furan rings is 1. The fourth-order valence-electron chi connectivity index (χ4n) is 12.7. The van der Waals surface area contributed by atoms with Crippen molar-refractivity contribution in [3.63, 3.8) is 0 Å². The van der Waals surface area contributed by atoms with Crippen LogP contribution in [-0.2, 0) is 5.41 Å². The molecule has 0 unspecified atom stereocenters. The Morgan fingerprint density at radius 2 is 0.882 bits per heavy atom. The average molecular weight is 969 g/mol. The van der Waals surface area contributed by atoms with E-state index < -0.39 is 5.41 Å². The fourth-order valence-corrected chi connectivity index (χ4v) is 12.7. The van der Waals surface area contributed by atoms with E-state index in [4.69, 9.17) is 4.42 Å². The van der Waals surface area contributed by atoms with Gasteiger partial charge in [-0.15, -0.1) is 0 Å². The third kappa shape index (κ3) is 6.62. The van der Waals surface area contributed by atoms with Gasteiger partial charge in [-0.05, 0) is 104 Å². The summed E-state index contributed by atoms with van der Waals surface area (Å²) in [5.41, 5.74) is 22.1. The molecule has 14 aromatic rings. The summed E-state index contributed by atoms with van der Waals surface area (Å²) in [6.45, 7) is 0. The van der Waals surface area contributed by atoms with Crippen molar-refractivity contribution in [2.75, 3.05) is 4.90 Å². The van der Waals surface area contributed by atoms with Crippen LogP contribution in [0.3, 0.4) is 0 Å². The SMILES string of the molecule is c1ccc(-c2ccc(N(c3ccc4c5ccccc5n(-c5cccc6oc7c(-c8cccc9c8-c8ccccc8C9(c8ccccc8)c8ccccc8)cccc7c56)c4c3)c3ccccc3-c3ccccc3)cc2)cc1. The van der Waals surface area contributed by atoms with Crippen molar-refractivity contribution >= 4 is 60.8 Å². The smallest absolute Gasteiger partial charge is 0.143 e. The van der Waals surface area contributed by atoms with Crippen LogP contribution in [0.2, 0.25) is 0 Å². The van der Waals surface area contributed by atoms with Crippen molar-refractivity contribution in [2.24, 2.45) is 0 Å². The lowest BCUT2D eigenvalue weighted by molar-refractivity contribution is 0.670. The maximum atomic E-state index is 7.22. The molecule has 2 heterocycles. The second kappa shape index (κ2) is 17.6. The molecule has 0 saturated carbocycles. The Balaban J connectivity index is 0.944. The average Bonchev–Trinajstić information content (AvgIpc) is 4.17. The molecule has 0 radical (unpaired) electrons. The molecule has 0 bridgehead atoms. The van der Waals surface area contributed by atoms with E-state index in [1.807, 2.05) is 0 Å². The third-order valence-electron chi connectivity index (χ3n) is 15.9. The zero-order chi connectivity index (χ0) is 50.2. The van der Waals surface area contributed by atoms with Crippen molar-refractivity contribution in [1.29, 1.82) is 0 Å².